The van der Waals surface area contributed by atoms with Gasteiger partial charge in [0.1, 0.15) is 0 Å². The van der Waals surface area contributed by atoms with Crippen LogP contribution in [0.4, 0.5) is 0 Å². The number of nitrogens with zero attached hydrogens (tertiary/aromatic N) is 2. The molecule has 2 aliphatic heterocycles. The zero-order valence-corrected chi connectivity index (χ0v) is 11.5. The number of likely N-dealkylation sites (tertiary alicyclic amines) is 1. The molecule has 18 heavy (non-hydrogen) atoms. The summed E-state index contributed by atoms with van der Waals surface area (Å²) in [5, 5.41) is 3.49. The lowest BCUT2D eigenvalue weighted by Gasteiger charge is -2.35. The summed E-state index contributed by atoms with van der Waals surface area (Å²) in [6.07, 6.45) is 8.36. The zero-order valence-electron chi connectivity index (χ0n) is 11.5. The van der Waals surface area contributed by atoms with Crippen LogP contribution in [0.2, 0.25) is 0 Å². The Balaban J connectivity index is 1.62. The Morgan fingerprint density at radius 3 is 2.78 bits per heavy atom. The average molecular weight is 251 g/mol. The molecular weight excluding hydrogens is 226 g/mol. The van der Waals surface area contributed by atoms with Gasteiger partial charge in [-0.3, -0.25) is 10.1 Å². The molecular formula is C14H25N3O. The fourth-order valence-corrected chi connectivity index (χ4v) is 3.84. The van der Waals surface area contributed by atoms with E-state index in [1.807, 2.05) is 0 Å². The van der Waals surface area contributed by atoms with E-state index in [9.17, 15) is 4.79 Å². The Morgan fingerprint density at radius 1 is 1.28 bits per heavy atom. The number of nitrogens with one attached hydrogen (secondary N) is 1. The van der Waals surface area contributed by atoms with Crippen molar-refractivity contribution < 1.29 is 4.79 Å². The Bertz CT molecular complexity index is 325. The lowest BCUT2D eigenvalue weighted by molar-refractivity contribution is -0.133. The van der Waals surface area contributed by atoms with Crippen LogP contribution in [0.15, 0.2) is 0 Å². The van der Waals surface area contributed by atoms with Crippen LogP contribution in [0.3, 0.4) is 0 Å². The van der Waals surface area contributed by atoms with Crippen LogP contribution in [-0.4, -0.2) is 54.1 Å². The van der Waals surface area contributed by atoms with Gasteiger partial charge in [-0.1, -0.05) is 19.3 Å². The molecule has 102 valence electrons. The van der Waals surface area contributed by atoms with E-state index in [1.165, 1.54) is 38.6 Å². The first kappa shape index (κ1) is 12.4. The van der Waals surface area contributed by atoms with Crippen LogP contribution < -0.4 is 5.32 Å². The minimum Gasteiger partial charge on any atom is -0.327 e. The Kier molecular flexibility index (Phi) is 3.32. The summed E-state index contributed by atoms with van der Waals surface area (Å²) in [6, 6.07) is 0.570. The van der Waals surface area contributed by atoms with E-state index < -0.39 is 0 Å². The summed E-state index contributed by atoms with van der Waals surface area (Å²) in [7, 11) is 2.20. The van der Waals surface area contributed by atoms with Gasteiger partial charge in [-0.2, -0.15) is 0 Å². The van der Waals surface area contributed by atoms with Crippen molar-refractivity contribution in [1.29, 1.82) is 0 Å². The van der Waals surface area contributed by atoms with Crippen molar-refractivity contribution in [3.63, 3.8) is 0 Å². The quantitative estimate of drug-likeness (QED) is 0.800. The second-order valence-corrected chi connectivity index (χ2v) is 6.28. The van der Waals surface area contributed by atoms with Crippen LogP contribution in [0.1, 0.15) is 44.9 Å². The molecule has 0 aromatic carbocycles. The Hall–Kier alpha value is -0.610. The molecule has 4 heteroatoms. The molecule has 1 atom stereocenters. The fraction of sp³-hybridized carbons (Fsp3) is 0.929. The normalized spacial score (nSPS) is 32.6. The highest BCUT2D eigenvalue weighted by Gasteiger charge is 2.48. The number of amides is 1. The average Bonchev–Trinajstić information content (AvgIpc) is 2.96. The van der Waals surface area contributed by atoms with Gasteiger partial charge in [0.25, 0.3) is 0 Å². The van der Waals surface area contributed by atoms with Gasteiger partial charge < -0.3 is 9.80 Å². The third-order valence-corrected chi connectivity index (χ3v) is 5.11. The fourth-order valence-electron chi connectivity index (χ4n) is 3.84. The van der Waals surface area contributed by atoms with E-state index in [0.29, 0.717) is 11.9 Å². The van der Waals surface area contributed by atoms with Gasteiger partial charge in [0.15, 0.2) is 0 Å². The van der Waals surface area contributed by atoms with Crippen molar-refractivity contribution in [1.82, 2.24) is 15.1 Å². The Labute approximate surface area is 110 Å². The minimum absolute atomic E-state index is 0.173. The van der Waals surface area contributed by atoms with Gasteiger partial charge in [-0.05, 0) is 39.3 Å². The second kappa shape index (κ2) is 4.82. The minimum atomic E-state index is -0.173. The molecule has 3 aliphatic rings. The highest BCUT2D eigenvalue weighted by Crippen LogP contribution is 2.34. The van der Waals surface area contributed by atoms with Crippen molar-refractivity contribution in [2.45, 2.75) is 56.5 Å². The first-order chi connectivity index (χ1) is 8.71. The number of carbonyl (C=O) groups excluding carboxylic acids is 1. The third-order valence-electron chi connectivity index (χ3n) is 5.11. The van der Waals surface area contributed by atoms with Crippen LogP contribution in [0.5, 0.6) is 0 Å². The van der Waals surface area contributed by atoms with Gasteiger partial charge in [-0.25, -0.2) is 0 Å². The zero-order chi connectivity index (χ0) is 12.6. The monoisotopic (exact) mass is 251 g/mol. The molecule has 1 spiro atoms. The van der Waals surface area contributed by atoms with Crippen molar-refractivity contribution in [2.75, 3.05) is 26.8 Å². The van der Waals surface area contributed by atoms with Crippen molar-refractivity contribution >= 4 is 5.91 Å². The molecule has 3 rings (SSSR count). The molecule has 1 saturated carbocycles. The molecule has 1 unspecified atom stereocenters. The van der Waals surface area contributed by atoms with Crippen LogP contribution in [0.25, 0.3) is 0 Å². The molecule has 4 nitrogen and oxygen atoms in total. The molecule has 0 radical (unpaired) electrons. The summed E-state index contributed by atoms with van der Waals surface area (Å²) in [4.78, 5) is 17.0. The van der Waals surface area contributed by atoms with Crippen molar-refractivity contribution in [2.24, 2.45) is 0 Å². The Morgan fingerprint density at radius 2 is 2.06 bits per heavy atom. The van der Waals surface area contributed by atoms with E-state index >= 15 is 0 Å². The molecule has 1 amide bonds. The first-order valence-corrected chi connectivity index (χ1v) is 7.46. The smallest absolute Gasteiger partial charge is 0.244 e. The molecule has 1 N–H and O–H groups in total. The van der Waals surface area contributed by atoms with Crippen LogP contribution >= 0.6 is 0 Å². The summed E-state index contributed by atoms with van der Waals surface area (Å²) in [5.74, 6) is 0.374. The molecule has 0 aromatic rings. The van der Waals surface area contributed by atoms with E-state index in [2.05, 4.69) is 22.2 Å². The van der Waals surface area contributed by atoms with Crippen LogP contribution in [-0.2, 0) is 4.79 Å². The maximum atomic E-state index is 12.6. The van der Waals surface area contributed by atoms with Crippen molar-refractivity contribution in [3.05, 3.63) is 0 Å². The predicted octanol–water partition coefficient (Wildman–Crippen LogP) is 1.17. The van der Waals surface area contributed by atoms with Gasteiger partial charge in [-0.15, -0.1) is 0 Å². The summed E-state index contributed by atoms with van der Waals surface area (Å²) < 4.78 is 0. The maximum Gasteiger partial charge on any atom is 0.244 e. The number of likely N-dealkylation sites (N-methyl/N-ethyl adjacent to an activating group) is 1. The summed E-state index contributed by atoms with van der Waals surface area (Å²) >= 11 is 0. The van der Waals surface area contributed by atoms with Gasteiger partial charge >= 0.3 is 0 Å². The predicted molar refractivity (Wildman–Crippen MR) is 71.2 cm³/mol. The molecule has 0 aromatic heterocycles. The van der Waals surface area contributed by atoms with Crippen LogP contribution in [0, 0.1) is 0 Å². The number of rotatable bonds is 2. The number of hydrogen-bond donors (Lipinski definition) is 1. The lowest BCUT2D eigenvalue weighted by atomic mass is 9.97. The van der Waals surface area contributed by atoms with E-state index in [0.717, 1.165) is 26.1 Å². The number of carbonyl (C=O) groups is 1. The molecule has 2 heterocycles. The van der Waals surface area contributed by atoms with Gasteiger partial charge in [0.2, 0.25) is 5.91 Å². The van der Waals surface area contributed by atoms with Gasteiger partial charge in [0, 0.05) is 12.6 Å². The van der Waals surface area contributed by atoms with Crippen molar-refractivity contribution in [3.8, 4) is 0 Å². The number of hydrogen-bond acceptors (Lipinski definition) is 3. The largest absolute Gasteiger partial charge is 0.327 e. The molecule has 1 aliphatic carbocycles. The SMILES string of the molecule is CN1CCCCC1CN1CNC2(CCCC2)C1=O. The lowest BCUT2D eigenvalue weighted by Crippen LogP contribution is -2.48. The van der Waals surface area contributed by atoms with E-state index in [1.54, 1.807) is 0 Å². The second-order valence-electron chi connectivity index (χ2n) is 6.28. The van der Waals surface area contributed by atoms with E-state index in [-0.39, 0.29) is 5.54 Å². The molecule has 2 saturated heterocycles. The molecule has 0 bridgehead atoms. The van der Waals surface area contributed by atoms with E-state index in [4.69, 9.17) is 0 Å². The highest BCUT2D eigenvalue weighted by atomic mass is 16.2. The number of piperidine rings is 1. The standard InChI is InChI=1S/C14H25N3O/c1-16-9-5-2-6-12(16)10-17-11-15-14(13(17)18)7-3-4-8-14/h12,15H,2-11H2,1H3. The topological polar surface area (TPSA) is 35.6 Å². The summed E-state index contributed by atoms with van der Waals surface area (Å²) in [5.41, 5.74) is -0.173. The summed E-state index contributed by atoms with van der Waals surface area (Å²) in [6.45, 7) is 2.87. The highest BCUT2D eigenvalue weighted by molar-refractivity contribution is 5.88. The third kappa shape index (κ3) is 2.05. The van der Waals surface area contributed by atoms with Gasteiger partial charge in [0.05, 0.1) is 12.2 Å². The first-order valence-electron chi connectivity index (χ1n) is 7.46. The molecule has 3 fully saturated rings. The maximum absolute atomic E-state index is 12.6.